The van der Waals surface area contributed by atoms with E-state index < -0.39 is 11.3 Å². The summed E-state index contributed by atoms with van der Waals surface area (Å²) in [6.45, 7) is 12.4. The number of Topliss-reactive ketones (excluding diaryl/α,β-unsaturated/α-hetero) is 2. The lowest BCUT2D eigenvalue weighted by atomic mass is 9.63. The summed E-state index contributed by atoms with van der Waals surface area (Å²) in [7, 11) is 0. The zero-order chi connectivity index (χ0) is 21.6. The monoisotopic (exact) mass is 394 g/mol. The summed E-state index contributed by atoms with van der Waals surface area (Å²) >= 11 is 0. The second-order valence-corrected chi connectivity index (χ2v) is 9.65. The SMILES string of the molecule is CC#Cc1cc(C)c(C2C(=O)CC3(CC2=O)CN(C(=O)NC(C)(C)C)C3)c(C)c1. The van der Waals surface area contributed by atoms with E-state index in [9.17, 15) is 14.4 Å². The summed E-state index contributed by atoms with van der Waals surface area (Å²) < 4.78 is 0. The zero-order valence-electron chi connectivity index (χ0n) is 18.2. The molecular formula is C24H30N2O3. The molecule has 1 N–H and O–H groups in total. The lowest BCUT2D eigenvalue weighted by Crippen LogP contribution is -2.65. The van der Waals surface area contributed by atoms with Crippen LogP contribution in [0.2, 0.25) is 0 Å². The number of aryl methyl sites for hydroxylation is 2. The molecule has 0 unspecified atom stereocenters. The second kappa shape index (κ2) is 7.33. The molecule has 1 saturated carbocycles. The van der Waals surface area contributed by atoms with E-state index in [-0.39, 0.29) is 23.1 Å². The number of hydrogen-bond acceptors (Lipinski definition) is 3. The van der Waals surface area contributed by atoms with Gasteiger partial charge in [0.05, 0.1) is 0 Å². The fraction of sp³-hybridized carbons (Fsp3) is 0.542. The Kier molecular flexibility index (Phi) is 5.34. The van der Waals surface area contributed by atoms with Crippen molar-refractivity contribution in [2.75, 3.05) is 13.1 Å². The summed E-state index contributed by atoms with van der Waals surface area (Å²) in [5.41, 5.74) is 2.90. The van der Waals surface area contributed by atoms with Crippen LogP contribution in [0.1, 0.15) is 68.7 Å². The molecule has 0 radical (unpaired) electrons. The van der Waals surface area contributed by atoms with Gasteiger partial charge in [-0.1, -0.05) is 5.92 Å². The maximum Gasteiger partial charge on any atom is 0.317 e. The quantitative estimate of drug-likeness (QED) is 0.586. The summed E-state index contributed by atoms with van der Waals surface area (Å²) in [6.07, 6.45) is 0.691. The van der Waals surface area contributed by atoms with Crippen LogP contribution >= 0.6 is 0 Å². The molecule has 1 saturated heterocycles. The van der Waals surface area contributed by atoms with E-state index in [0.717, 1.165) is 22.3 Å². The third kappa shape index (κ3) is 4.22. The Morgan fingerprint density at radius 1 is 1.10 bits per heavy atom. The fourth-order valence-electron chi connectivity index (χ4n) is 4.68. The van der Waals surface area contributed by atoms with Crippen LogP contribution in [-0.2, 0) is 9.59 Å². The molecule has 154 valence electrons. The molecule has 5 nitrogen and oxygen atoms in total. The van der Waals surface area contributed by atoms with Crippen LogP contribution in [0.25, 0.3) is 0 Å². The molecule has 1 spiro atoms. The number of nitrogens with zero attached hydrogens (tertiary/aromatic N) is 1. The first-order chi connectivity index (χ1) is 13.4. The number of hydrogen-bond donors (Lipinski definition) is 1. The van der Waals surface area contributed by atoms with Crippen LogP contribution in [-0.4, -0.2) is 41.1 Å². The molecule has 0 bridgehead atoms. The maximum atomic E-state index is 13.1. The molecule has 0 atom stereocenters. The summed E-state index contributed by atoms with van der Waals surface area (Å²) in [5, 5.41) is 2.94. The van der Waals surface area contributed by atoms with Crippen molar-refractivity contribution in [3.63, 3.8) is 0 Å². The molecule has 1 heterocycles. The maximum absolute atomic E-state index is 13.1. The summed E-state index contributed by atoms with van der Waals surface area (Å²) in [5.74, 6) is 5.18. The molecule has 2 fully saturated rings. The zero-order valence-corrected chi connectivity index (χ0v) is 18.2. The molecule has 2 aliphatic rings. The Balaban J connectivity index is 1.76. The van der Waals surface area contributed by atoms with Crippen LogP contribution in [0, 0.1) is 31.1 Å². The smallest absolute Gasteiger partial charge is 0.317 e. The van der Waals surface area contributed by atoms with Gasteiger partial charge in [-0.15, -0.1) is 5.92 Å². The van der Waals surface area contributed by atoms with Gasteiger partial charge in [0.2, 0.25) is 0 Å². The lowest BCUT2D eigenvalue weighted by Gasteiger charge is -2.52. The van der Waals surface area contributed by atoms with Crippen LogP contribution in [0.15, 0.2) is 12.1 Å². The highest BCUT2D eigenvalue weighted by molar-refractivity contribution is 6.11. The second-order valence-electron chi connectivity index (χ2n) is 9.65. The van der Waals surface area contributed by atoms with Crippen LogP contribution in [0.5, 0.6) is 0 Å². The molecule has 1 aliphatic carbocycles. The average molecular weight is 395 g/mol. The lowest BCUT2D eigenvalue weighted by molar-refractivity contribution is -0.141. The minimum atomic E-state index is -0.693. The topological polar surface area (TPSA) is 66.5 Å². The van der Waals surface area contributed by atoms with Gasteiger partial charge >= 0.3 is 6.03 Å². The number of amides is 2. The van der Waals surface area contributed by atoms with Crippen molar-refractivity contribution in [2.24, 2.45) is 5.41 Å². The summed E-state index contributed by atoms with van der Waals surface area (Å²) in [4.78, 5) is 40.2. The molecule has 0 aromatic heterocycles. The van der Waals surface area contributed by atoms with E-state index >= 15 is 0 Å². The first-order valence-corrected chi connectivity index (χ1v) is 10.1. The van der Waals surface area contributed by atoms with Gasteiger partial charge in [-0.3, -0.25) is 9.59 Å². The Hall–Kier alpha value is -2.61. The average Bonchev–Trinajstić information content (AvgIpc) is 2.52. The minimum Gasteiger partial charge on any atom is -0.333 e. The molecule has 3 rings (SSSR count). The van der Waals surface area contributed by atoms with Crippen LogP contribution < -0.4 is 5.32 Å². The number of ketones is 2. The van der Waals surface area contributed by atoms with Gasteiger partial charge in [0.25, 0.3) is 0 Å². The Morgan fingerprint density at radius 2 is 1.62 bits per heavy atom. The normalized spacial score (nSPS) is 18.9. The Morgan fingerprint density at radius 3 is 2.07 bits per heavy atom. The van der Waals surface area contributed by atoms with Gasteiger partial charge in [-0.25, -0.2) is 4.79 Å². The Bertz CT molecular complexity index is 894. The first kappa shape index (κ1) is 21.1. The third-order valence-corrected chi connectivity index (χ3v) is 5.72. The number of carbonyl (C=O) groups is 3. The highest BCUT2D eigenvalue weighted by Crippen LogP contribution is 2.46. The fourth-order valence-corrected chi connectivity index (χ4v) is 4.68. The van der Waals surface area contributed by atoms with Crippen molar-refractivity contribution in [1.29, 1.82) is 0 Å². The van der Waals surface area contributed by atoms with E-state index in [1.54, 1.807) is 11.8 Å². The molecule has 1 aliphatic heterocycles. The standard InChI is InChI=1S/C24H30N2O3/c1-7-8-17-9-15(2)20(16(3)10-17)21-18(27)11-24(12-19(21)28)13-26(14-24)22(29)25-23(4,5)6/h9-10,21H,11-14H2,1-6H3,(H,25,29). The number of rotatable bonds is 1. The van der Waals surface area contributed by atoms with E-state index in [1.807, 2.05) is 46.8 Å². The van der Waals surface area contributed by atoms with Crippen LogP contribution in [0.4, 0.5) is 4.79 Å². The number of nitrogens with one attached hydrogen (secondary N) is 1. The largest absolute Gasteiger partial charge is 0.333 e. The van der Waals surface area contributed by atoms with E-state index in [4.69, 9.17) is 0 Å². The molecule has 1 aromatic rings. The van der Waals surface area contributed by atoms with E-state index in [0.29, 0.717) is 25.9 Å². The third-order valence-electron chi connectivity index (χ3n) is 5.72. The Labute approximate surface area is 173 Å². The van der Waals surface area contributed by atoms with Crippen molar-refractivity contribution in [3.8, 4) is 11.8 Å². The van der Waals surface area contributed by atoms with Crippen LogP contribution in [0.3, 0.4) is 0 Å². The van der Waals surface area contributed by atoms with Gasteiger partial charge in [0, 0.05) is 42.4 Å². The number of urea groups is 1. The number of benzene rings is 1. The molecule has 2 amide bonds. The van der Waals surface area contributed by atoms with Gasteiger partial charge in [-0.05, 0) is 70.4 Å². The molecule has 1 aromatic carbocycles. The first-order valence-electron chi connectivity index (χ1n) is 10.1. The number of carbonyl (C=O) groups excluding carboxylic acids is 3. The minimum absolute atomic E-state index is 0.0299. The summed E-state index contributed by atoms with van der Waals surface area (Å²) in [6, 6.07) is 3.77. The van der Waals surface area contributed by atoms with E-state index in [1.165, 1.54) is 0 Å². The van der Waals surface area contributed by atoms with Crippen molar-refractivity contribution >= 4 is 17.6 Å². The number of likely N-dealkylation sites (tertiary alicyclic amines) is 1. The van der Waals surface area contributed by atoms with Crippen molar-refractivity contribution < 1.29 is 14.4 Å². The van der Waals surface area contributed by atoms with Crippen molar-refractivity contribution in [1.82, 2.24) is 10.2 Å². The predicted octanol–water partition coefficient (Wildman–Crippen LogP) is 3.50. The molecule has 5 heteroatoms. The van der Waals surface area contributed by atoms with Crippen molar-refractivity contribution in [3.05, 3.63) is 34.4 Å². The van der Waals surface area contributed by atoms with Gasteiger partial charge < -0.3 is 10.2 Å². The van der Waals surface area contributed by atoms with E-state index in [2.05, 4.69) is 17.2 Å². The highest BCUT2D eigenvalue weighted by atomic mass is 16.2. The highest BCUT2D eigenvalue weighted by Gasteiger charge is 2.53. The van der Waals surface area contributed by atoms with Crippen molar-refractivity contribution in [2.45, 2.75) is 65.8 Å². The van der Waals surface area contributed by atoms with Gasteiger partial charge in [0.15, 0.2) is 0 Å². The predicted molar refractivity (Wildman–Crippen MR) is 113 cm³/mol. The molecular weight excluding hydrogens is 364 g/mol. The molecule has 29 heavy (non-hydrogen) atoms. The van der Waals surface area contributed by atoms with Gasteiger partial charge in [0.1, 0.15) is 17.5 Å². The van der Waals surface area contributed by atoms with Gasteiger partial charge in [-0.2, -0.15) is 0 Å².